The molecule has 0 radical (unpaired) electrons. The number of carbonyl (C=O) groups excluding carboxylic acids is 1. The quantitative estimate of drug-likeness (QED) is 0.375. The fraction of sp³-hybridized carbons (Fsp3) is 0. The Morgan fingerprint density at radius 2 is 2.21 bits per heavy atom. The zero-order valence-electron chi connectivity index (χ0n) is 7.34. The molecule has 0 fully saturated rings. The molecular formula is C7H4N3NaO3. The van der Waals surface area contributed by atoms with E-state index in [9.17, 15) is 9.90 Å². The van der Waals surface area contributed by atoms with Crippen LogP contribution in [0.4, 0.5) is 0 Å². The summed E-state index contributed by atoms with van der Waals surface area (Å²) in [5, 5.41) is 26.3. The van der Waals surface area contributed by atoms with Crippen LogP contribution in [-0.4, -0.2) is 26.3 Å². The summed E-state index contributed by atoms with van der Waals surface area (Å²) in [6, 6.07) is 4.00. The summed E-state index contributed by atoms with van der Waals surface area (Å²) >= 11 is 0. The molecule has 0 bridgehead atoms. The number of carbonyl (C=O) groups is 1. The molecule has 6 nitrogen and oxygen atoms in total. The molecule has 0 spiro atoms. The van der Waals surface area contributed by atoms with Gasteiger partial charge in [0.25, 0.3) is 0 Å². The minimum Gasteiger partial charge on any atom is -0.545 e. The van der Waals surface area contributed by atoms with Gasteiger partial charge in [0.05, 0.1) is 5.97 Å². The standard InChI is InChI=1S/C7H5N3O3.Na/c11-7(12)4-1-2-6-5(3-4)8-9-10(6)13;/h1-3,13H,(H,11,12);/q;+1/p-1. The molecule has 66 valence electrons. The molecular weight excluding hydrogens is 197 g/mol. The van der Waals surface area contributed by atoms with Crippen molar-refractivity contribution in [3.63, 3.8) is 0 Å². The van der Waals surface area contributed by atoms with Gasteiger partial charge in [-0.2, -0.15) is 0 Å². The molecule has 14 heavy (non-hydrogen) atoms. The van der Waals surface area contributed by atoms with Gasteiger partial charge in [0.2, 0.25) is 0 Å². The number of hydrogen-bond donors (Lipinski definition) is 1. The van der Waals surface area contributed by atoms with Crippen molar-refractivity contribution >= 4 is 17.0 Å². The molecule has 0 aliphatic carbocycles. The third kappa shape index (κ3) is 1.72. The maximum atomic E-state index is 10.4. The van der Waals surface area contributed by atoms with Crippen LogP contribution in [0.5, 0.6) is 0 Å². The minimum atomic E-state index is -1.28. The molecule has 0 aliphatic heterocycles. The van der Waals surface area contributed by atoms with Crippen molar-refractivity contribution < 1.29 is 44.7 Å². The summed E-state index contributed by atoms with van der Waals surface area (Å²) in [6.45, 7) is 0. The maximum absolute atomic E-state index is 10.4. The third-order valence-corrected chi connectivity index (χ3v) is 1.66. The summed E-state index contributed by atoms with van der Waals surface area (Å²) in [4.78, 5) is 11.0. The van der Waals surface area contributed by atoms with Crippen LogP contribution in [0.3, 0.4) is 0 Å². The van der Waals surface area contributed by atoms with Gasteiger partial charge in [0.15, 0.2) is 0 Å². The van der Waals surface area contributed by atoms with Gasteiger partial charge in [-0.1, -0.05) is 10.9 Å². The Morgan fingerprint density at radius 1 is 1.50 bits per heavy atom. The first-order chi connectivity index (χ1) is 6.18. The maximum Gasteiger partial charge on any atom is 1.00 e. The average Bonchev–Trinajstić information content (AvgIpc) is 2.47. The number of benzene rings is 1. The number of carboxylic acid groups (broad SMARTS) is 1. The molecule has 0 amide bonds. The molecule has 0 saturated carbocycles. The molecule has 1 aromatic heterocycles. The first-order valence-corrected chi connectivity index (χ1v) is 3.44. The van der Waals surface area contributed by atoms with E-state index >= 15 is 0 Å². The Kier molecular flexibility index (Phi) is 3.10. The van der Waals surface area contributed by atoms with Crippen LogP contribution >= 0.6 is 0 Å². The first-order valence-electron chi connectivity index (χ1n) is 3.44. The molecule has 2 rings (SSSR count). The smallest absolute Gasteiger partial charge is 0.545 e. The SMILES string of the molecule is O=C([O-])c1ccc2c(c1)nnn2O.[Na+]. The van der Waals surface area contributed by atoms with Crippen molar-refractivity contribution in [3.8, 4) is 0 Å². The van der Waals surface area contributed by atoms with Gasteiger partial charge in [-0.05, 0) is 22.9 Å². The zero-order valence-corrected chi connectivity index (χ0v) is 9.34. The number of aromatic carboxylic acids is 1. The van der Waals surface area contributed by atoms with Crippen molar-refractivity contribution in [2.45, 2.75) is 0 Å². The molecule has 7 heteroatoms. The normalized spacial score (nSPS) is 9.71. The number of carboxylic acids is 1. The number of rotatable bonds is 1. The minimum absolute atomic E-state index is 0. The summed E-state index contributed by atoms with van der Waals surface area (Å²) in [7, 11) is 0. The topological polar surface area (TPSA) is 91.1 Å². The second-order valence-electron chi connectivity index (χ2n) is 2.47. The van der Waals surface area contributed by atoms with Crippen LogP contribution < -0.4 is 34.7 Å². The van der Waals surface area contributed by atoms with E-state index < -0.39 is 5.97 Å². The van der Waals surface area contributed by atoms with Crippen molar-refractivity contribution in [3.05, 3.63) is 23.8 Å². The fourth-order valence-electron chi connectivity index (χ4n) is 1.04. The van der Waals surface area contributed by atoms with Gasteiger partial charge < -0.3 is 15.1 Å². The van der Waals surface area contributed by atoms with Crippen molar-refractivity contribution in [2.75, 3.05) is 0 Å². The zero-order chi connectivity index (χ0) is 9.42. The van der Waals surface area contributed by atoms with Crippen LogP contribution in [0.2, 0.25) is 0 Å². The van der Waals surface area contributed by atoms with E-state index in [-0.39, 0.29) is 35.1 Å². The largest absolute Gasteiger partial charge is 1.00 e. The van der Waals surface area contributed by atoms with Crippen LogP contribution in [0.25, 0.3) is 11.0 Å². The Labute approximate surface area is 100 Å². The number of nitrogens with zero attached hydrogens (tertiary/aromatic N) is 3. The van der Waals surface area contributed by atoms with Gasteiger partial charge in [0, 0.05) is 0 Å². The van der Waals surface area contributed by atoms with Crippen molar-refractivity contribution in [1.29, 1.82) is 0 Å². The van der Waals surface area contributed by atoms with E-state index in [0.29, 0.717) is 15.9 Å². The summed E-state index contributed by atoms with van der Waals surface area (Å²) < 4.78 is 0. The number of aromatic nitrogens is 3. The first kappa shape index (κ1) is 11.0. The summed E-state index contributed by atoms with van der Waals surface area (Å²) in [5.41, 5.74) is 0.669. The number of hydrogen-bond acceptors (Lipinski definition) is 5. The Hall–Kier alpha value is -1.11. The van der Waals surface area contributed by atoms with Crippen molar-refractivity contribution in [1.82, 2.24) is 15.2 Å². The van der Waals surface area contributed by atoms with E-state index in [4.69, 9.17) is 5.21 Å². The van der Waals surface area contributed by atoms with Crippen LogP contribution in [0.1, 0.15) is 10.4 Å². The molecule has 0 atom stereocenters. The average molecular weight is 201 g/mol. The number of fused-ring (bicyclic) bond motifs is 1. The van der Waals surface area contributed by atoms with E-state index in [0.717, 1.165) is 0 Å². The fourth-order valence-corrected chi connectivity index (χ4v) is 1.04. The predicted octanol–water partition coefficient (Wildman–Crippen LogP) is -3.96. The molecule has 0 aliphatic rings. The van der Waals surface area contributed by atoms with E-state index in [1.54, 1.807) is 0 Å². The summed E-state index contributed by atoms with van der Waals surface area (Å²) in [5.74, 6) is -1.28. The van der Waals surface area contributed by atoms with Gasteiger partial charge in [-0.15, -0.1) is 5.10 Å². The molecule has 1 N–H and O–H groups in total. The van der Waals surface area contributed by atoms with E-state index in [1.165, 1.54) is 18.2 Å². The van der Waals surface area contributed by atoms with Gasteiger partial charge in [-0.3, -0.25) is 0 Å². The third-order valence-electron chi connectivity index (χ3n) is 1.66. The van der Waals surface area contributed by atoms with Gasteiger partial charge in [-0.25, -0.2) is 0 Å². The van der Waals surface area contributed by atoms with Crippen LogP contribution in [-0.2, 0) is 0 Å². The molecule has 1 aromatic carbocycles. The monoisotopic (exact) mass is 201 g/mol. The van der Waals surface area contributed by atoms with Crippen LogP contribution in [0, 0.1) is 0 Å². The second-order valence-corrected chi connectivity index (χ2v) is 2.47. The van der Waals surface area contributed by atoms with E-state index in [1.807, 2.05) is 0 Å². The molecule has 2 aromatic rings. The van der Waals surface area contributed by atoms with E-state index in [2.05, 4.69) is 10.3 Å². The Balaban J connectivity index is 0.000000980. The van der Waals surface area contributed by atoms with Crippen molar-refractivity contribution in [2.24, 2.45) is 0 Å². The Bertz CT molecular complexity index is 482. The van der Waals surface area contributed by atoms with Gasteiger partial charge in [0.1, 0.15) is 11.0 Å². The molecule has 1 heterocycles. The van der Waals surface area contributed by atoms with Gasteiger partial charge >= 0.3 is 29.6 Å². The molecule has 0 unspecified atom stereocenters. The predicted molar refractivity (Wildman–Crippen MR) is 39.0 cm³/mol. The van der Waals surface area contributed by atoms with Crippen LogP contribution in [0.15, 0.2) is 18.2 Å². The summed E-state index contributed by atoms with van der Waals surface area (Å²) in [6.07, 6.45) is 0. The Morgan fingerprint density at radius 3 is 2.86 bits per heavy atom. The molecule has 0 saturated heterocycles. The second kappa shape index (κ2) is 3.95.